The van der Waals surface area contributed by atoms with Crippen molar-refractivity contribution in [3.05, 3.63) is 5.82 Å². The molecule has 1 aliphatic carbocycles. The van der Waals surface area contributed by atoms with Crippen LogP contribution in [0, 0.1) is 18.8 Å². The molecule has 1 heterocycles. The van der Waals surface area contributed by atoms with Crippen molar-refractivity contribution >= 4 is 17.7 Å². The first-order valence-electron chi connectivity index (χ1n) is 7.08. The van der Waals surface area contributed by atoms with Gasteiger partial charge in [-0.2, -0.15) is 0 Å². The van der Waals surface area contributed by atoms with Crippen molar-refractivity contribution in [2.45, 2.75) is 51.2 Å². The molecule has 112 valence electrons. The lowest BCUT2D eigenvalue weighted by Crippen LogP contribution is -2.44. The van der Waals surface area contributed by atoms with Crippen LogP contribution in [0.25, 0.3) is 0 Å². The van der Waals surface area contributed by atoms with Crippen LogP contribution in [0.4, 0.5) is 0 Å². The second-order valence-electron chi connectivity index (χ2n) is 5.63. The van der Waals surface area contributed by atoms with Crippen LogP contribution in [-0.2, 0) is 4.79 Å². The smallest absolute Gasteiger partial charge is 0.230 e. The van der Waals surface area contributed by atoms with E-state index in [1.807, 2.05) is 0 Å². The second kappa shape index (κ2) is 6.47. The summed E-state index contributed by atoms with van der Waals surface area (Å²) in [5, 5.41) is 11.5. The lowest BCUT2D eigenvalue weighted by molar-refractivity contribution is -0.120. The maximum absolute atomic E-state index is 12.0. The number of nitrogens with zero attached hydrogens (tertiary/aromatic N) is 3. The molecule has 0 aromatic carbocycles. The Morgan fingerprint density at radius 3 is 2.85 bits per heavy atom. The number of nitrogen functional groups attached to an aromatic ring is 1. The number of hydrogen-bond acceptors (Lipinski definition) is 5. The molecule has 2 rings (SSSR count). The summed E-state index contributed by atoms with van der Waals surface area (Å²) >= 11 is 1.32. The van der Waals surface area contributed by atoms with Gasteiger partial charge in [-0.25, -0.2) is 4.68 Å². The molecule has 0 saturated heterocycles. The summed E-state index contributed by atoms with van der Waals surface area (Å²) < 4.78 is 1.41. The predicted octanol–water partition coefficient (Wildman–Crippen LogP) is 1.33. The quantitative estimate of drug-likeness (QED) is 0.647. The van der Waals surface area contributed by atoms with E-state index in [9.17, 15) is 4.79 Å². The highest BCUT2D eigenvalue weighted by Crippen LogP contribution is 2.29. The number of rotatable bonds is 4. The van der Waals surface area contributed by atoms with E-state index in [4.69, 9.17) is 5.84 Å². The average molecular weight is 297 g/mol. The topological polar surface area (TPSA) is 85.8 Å². The second-order valence-corrected chi connectivity index (χ2v) is 6.57. The van der Waals surface area contributed by atoms with Gasteiger partial charge in [-0.1, -0.05) is 38.5 Å². The first kappa shape index (κ1) is 15.2. The van der Waals surface area contributed by atoms with Crippen LogP contribution in [0.3, 0.4) is 0 Å². The number of carbonyl (C=O) groups is 1. The molecule has 1 saturated carbocycles. The van der Waals surface area contributed by atoms with Crippen molar-refractivity contribution < 1.29 is 4.79 Å². The highest BCUT2D eigenvalue weighted by atomic mass is 32.2. The van der Waals surface area contributed by atoms with E-state index in [2.05, 4.69) is 29.4 Å². The number of aromatic nitrogens is 3. The van der Waals surface area contributed by atoms with Gasteiger partial charge in [0.25, 0.3) is 0 Å². The molecule has 1 fully saturated rings. The number of nitrogens with one attached hydrogen (secondary N) is 1. The van der Waals surface area contributed by atoms with Crippen LogP contribution in [0.15, 0.2) is 5.16 Å². The molecule has 20 heavy (non-hydrogen) atoms. The van der Waals surface area contributed by atoms with Gasteiger partial charge in [0, 0.05) is 6.04 Å². The number of amides is 1. The molecule has 7 heteroatoms. The van der Waals surface area contributed by atoms with Crippen LogP contribution in [-0.4, -0.2) is 32.6 Å². The zero-order valence-corrected chi connectivity index (χ0v) is 13.1. The van der Waals surface area contributed by atoms with Crippen molar-refractivity contribution in [2.75, 3.05) is 11.6 Å². The van der Waals surface area contributed by atoms with E-state index in [0.717, 1.165) is 6.42 Å². The Morgan fingerprint density at radius 2 is 2.20 bits per heavy atom. The molecule has 3 atom stereocenters. The minimum absolute atomic E-state index is 0.0432. The van der Waals surface area contributed by atoms with Crippen molar-refractivity contribution in [1.29, 1.82) is 0 Å². The summed E-state index contributed by atoms with van der Waals surface area (Å²) in [4.78, 5) is 12.0. The summed E-state index contributed by atoms with van der Waals surface area (Å²) in [6.07, 6.45) is 3.53. The van der Waals surface area contributed by atoms with Gasteiger partial charge in [0.1, 0.15) is 5.82 Å². The Labute approximate surface area is 123 Å². The maximum atomic E-state index is 12.0. The largest absolute Gasteiger partial charge is 0.352 e. The highest BCUT2D eigenvalue weighted by molar-refractivity contribution is 7.99. The fourth-order valence-electron chi connectivity index (χ4n) is 2.61. The molecule has 6 nitrogen and oxygen atoms in total. The zero-order chi connectivity index (χ0) is 14.7. The third kappa shape index (κ3) is 3.45. The number of thioether (sulfide) groups is 1. The van der Waals surface area contributed by atoms with Crippen molar-refractivity contribution in [1.82, 2.24) is 20.2 Å². The van der Waals surface area contributed by atoms with Crippen molar-refractivity contribution in [2.24, 2.45) is 11.8 Å². The highest BCUT2D eigenvalue weighted by Gasteiger charge is 2.28. The van der Waals surface area contributed by atoms with Crippen molar-refractivity contribution in [3.63, 3.8) is 0 Å². The Morgan fingerprint density at radius 1 is 1.45 bits per heavy atom. The van der Waals surface area contributed by atoms with Gasteiger partial charge in [0.15, 0.2) is 0 Å². The molecule has 1 amide bonds. The molecule has 0 spiro atoms. The number of nitrogens with two attached hydrogens (primary N) is 1. The minimum atomic E-state index is 0.0432. The van der Waals surface area contributed by atoms with Crippen LogP contribution < -0.4 is 11.2 Å². The van der Waals surface area contributed by atoms with E-state index in [1.165, 1.54) is 29.3 Å². The third-order valence-electron chi connectivity index (χ3n) is 4.22. The molecule has 0 unspecified atom stereocenters. The van der Waals surface area contributed by atoms with Gasteiger partial charge in [-0.3, -0.25) is 4.79 Å². The van der Waals surface area contributed by atoms with Gasteiger partial charge >= 0.3 is 0 Å². The summed E-state index contributed by atoms with van der Waals surface area (Å²) in [6, 6.07) is 0.296. The van der Waals surface area contributed by atoms with Gasteiger partial charge in [0.05, 0.1) is 5.75 Å². The van der Waals surface area contributed by atoms with E-state index in [1.54, 1.807) is 6.92 Å². The van der Waals surface area contributed by atoms with E-state index >= 15 is 0 Å². The molecular formula is C13H23N5OS. The number of aryl methyl sites for hydroxylation is 1. The lowest BCUT2D eigenvalue weighted by Gasteiger charge is -2.34. The Bertz CT molecular complexity index is 475. The monoisotopic (exact) mass is 297 g/mol. The summed E-state index contributed by atoms with van der Waals surface area (Å²) in [5.74, 6) is 7.98. The first-order valence-corrected chi connectivity index (χ1v) is 8.07. The van der Waals surface area contributed by atoms with Gasteiger partial charge in [-0.15, -0.1) is 10.2 Å². The Kier molecular flexibility index (Phi) is 4.91. The minimum Gasteiger partial charge on any atom is -0.352 e. The molecule has 0 aliphatic heterocycles. The van der Waals surface area contributed by atoms with E-state index in [0.29, 0.717) is 34.6 Å². The molecule has 0 bridgehead atoms. The standard InChI is InChI=1S/C13H23N5OS/c1-8-5-4-6-11(9(8)2)15-12(19)7-20-13-17-16-10(3)18(13)14/h8-9,11H,4-7,14H2,1-3H3,(H,15,19)/t8-,9+,11+/m0/s1. The molecule has 3 N–H and O–H groups in total. The van der Waals surface area contributed by atoms with Crippen LogP contribution in [0.5, 0.6) is 0 Å². The first-order chi connectivity index (χ1) is 9.49. The van der Waals surface area contributed by atoms with Gasteiger partial charge in [-0.05, 0) is 25.2 Å². The lowest BCUT2D eigenvalue weighted by atomic mass is 9.78. The molecule has 1 aliphatic rings. The normalized spacial score (nSPS) is 26.4. The van der Waals surface area contributed by atoms with E-state index < -0.39 is 0 Å². The van der Waals surface area contributed by atoms with Crippen molar-refractivity contribution in [3.8, 4) is 0 Å². The summed E-state index contributed by atoms with van der Waals surface area (Å²) in [5.41, 5.74) is 0. The third-order valence-corrected chi connectivity index (χ3v) is 5.16. The van der Waals surface area contributed by atoms with Crippen LogP contribution in [0.2, 0.25) is 0 Å². The summed E-state index contributed by atoms with van der Waals surface area (Å²) in [7, 11) is 0. The predicted molar refractivity (Wildman–Crippen MR) is 79.7 cm³/mol. The van der Waals surface area contributed by atoms with Crippen LogP contribution >= 0.6 is 11.8 Å². The molecular weight excluding hydrogens is 274 g/mol. The van der Waals surface area contributed by atoms with E-state index in [-0.39, 0.29) is 5.91 Å². The number of carbonyl (C=O) groups excluding carboxylic acids is 1. The summed E-state index contributed by atoms with van der Waals surface area (Å²) in [6.45, 7) is 6.27. The average Bonchev–Trinajstić information content (AvgIpc) is 2.73. The van der Waals surface area contributed by atoms with Gasteiger partial charge < -0.3 is 11.2 Å². The fraction of sp³-hybridized carbons (Fsp3) is 0.769. The zero-order valence-electron chi connectivity index (χ0n) is 12.3. The molecule has 1 aromatic rings. The SMILES string of the molecule is Cc1nnc(SCC(=O)N[C@@H]2CCC[C@H](C)[C@H]2C)n1N. The Hall–Kier alpha value is -1.24. The fourth-order valence-corrected chi connectivity index (χ4v) is 3.33. The maximum Gasteiger partial charge on any atom is 0.230 e. The van der Waals surface area contributed by atoms with Gasteiger partial charge in [0.2, 0.25) is 11.1 Å². The van der Waals surface area contributed by atoms with Crippen LogP contribution in [0.1, 0.15) is 38.9 Å². The molecule has 0 radical (unpaired) electrons. The Balaban J connectivity index is 1.82. The number of hydrogen-bond donors (Lipinski definition) is 2. The molecule has 1 aromatic heterocycles.